The van der Waals surface area contributed by atoms with Gasteiger partial charge in [-0.1, -0.05) is 18.6 Å². The number of amides is 1. The molecule has 33 heavy (non-hydrogen) atoms. The lowest BCUT2D eigenvalue weighted by molar-refractivity contribution is 0.0952. The first-order chi connectivity index (χ1) is 15.9. The molecule has 0 bridgehead atoms. The number of carbonyl (C=O) groups excluding carboxylic acids is 1. The Kier molecular flexibility index (Phi) is 6.80. The molecule has 1 aliphatic heterocycles. The van der Waals surface area contributed by atoms with Crippen molar-refractivity contribution in [3.8, 4) is 5.75 Å². The van der Waals surface area contributed by atoms with Gasteiger partial charge < -0.3 is 15.0 Å². The average molecular weight is 470 g/mol. The predicted octanol–water partition coefficient (Wildman–Crippen LogP) is 3.03. The van der Waals surface area contributed by atoms with Gasteiger partial charge in [0.05, 0.1) is 17.1 Å². The van der Waals surface area contributed by atoms with Crippen LogP contribution in [0.15, 0.2) is 58.2 Å². The molecule has 1 saturated heterocycles. The van der Waals surface area contributed by atoms with E-state index < -0.39 is 21.5 Å². The van der Waals surface area contributed by atoms with Gasteiger partial charge in [-0.05, 0) is 55.7 Å². The molecular weight excluding hydrogens is 442 g/mol. The molecule has 174 valence electrons. The molecule has 0 saturated carbocycles. The van der Waals surface area contributed by atoms with E-state index >= 15 is 0 Å². The van der Waals surface area contributed by atoms with Crippen LogP contribution in [0.4, 0.5) is 0 Å². The molecule has 0 atom stereocenters. The van der Waals surface area contributed by atoms with Gasteiger partial charge in [0.25, 0.3) is 5.91 Å². The number of hydrogen-bond acceptors (Lipinski definition) is 5. The van der Waals surface area contributed by atoms with Crippen molar-refractivity contribution in [1.82, 2.24) is 14.6 Å². The van der Waals surface area contributed by atoms with Crippen LogP contribution in [0, 0.1) is 0 Å². The minimum Gasteiger partial charge on any atom is -0.494 e. The molecule has 2 N–H and O–H groups in total. The second-order valence-electron chi connectivity index (χ2n) is 7.98. The minimum atomic E-state index is -3.67. The molecular formula is C24H27N3O5S. The van der Waals surface area contributed by atoms with Gasteiger partial charge in [0, 0.05) is 36.6 Å². The summed E-state index contributed by atoms with van der Waals surface area (Å²) in [4.78, 5) is 27.9. The van der Waals surface area contributed by atoms with Gasteiger partial charge in [0.15, 0.2) is 0 Å². The SMILES string of the molecule is CCOc1ccc(CNC(=O)c2cc(=O)[nH]c3ccc(S(=O)(=O)N4CCCCC4)cc23)cc1. The number of rotatable bonds is 7. The van der Waals surface area contributed by atoms with E-state index in [1.807, 2.05) is 31.2 Å². The summed E-state index contributed by atoms with van der Waals surface area (Å²) in [6.07, 6.45) is 2.68. The van der Waals surface area contributed by atoms with Crippen LogP contribution in [-0.2, 0) is 16.6 Å². The Balaban J connectivity index is 1.61. The Morgan fingerprint density at radius 1 is 1.06 bits per heavy atom. The highest BCUT2D eigenvalue weighted by atomic mass is 32.2. The van der Waals surface area contributed by atoms with Gasteiger partial charge in [-0.3, -0.25) is 9.59 Å². The molecule has 0 unspecified atom stereocenters. The monoisotopic (exact) mass is 469 g/mol. The second-order valence-corrected chi connectivity index (χ2v) is 9.92. The smallest absolute Gasteiger partial charge is 0.252 e. The normalized spacial score (nSPS) is 14.8. The van der Waals surface area contributed by atoms with E-state index in [0.717, 1.165) is 30.6 Å². The topological polar surface area (TPSA) is 109 Å². The van der Waals surface area contributed by atoms with E-state index in [4.69, 9.17) is 4.74 Å². The summed E-state index contributed by atoms with van der Waals surface area (Å²) in [7, 11) is -3.67. The van der Waals surface area contributed by atoms with E-state index in [1.54, 1.807) is 0 Å². The van der Waals surface area contributed by atoms with Gasteiger partial charge in [0.1, 0.15) is 5.75 Å². The number of H-pyrrole nitrogens is 1. The Hall–Kier alpha value is -3.17. The summed E-state index contributed by atoms with van der Waals surface area (Å²) in [5.74, 6) is 0.295. The highest BCUT2D eigenvalue weighted by molar-refractivity contribution is 7.89. The molecule has 9 heteroatoms. The van der Waals surface area contributed by atoms with Crippen molar-refractivity contribution in [3.63, 3.8) is 0 Å². The maximum absolute atomic E-state index is 13.1. The first-order valence-electron chi connectivity index (χ1n) is 11.1. The molecule has 2 heterocycles. The number of carbonyl (C=O) groups is 1. The van der Waals surface area contributed by atoms with Crippen LogP contribution in [0.2, 0.25) is 0 Å². The van der Waals surface area contributed by atoms with E-state index in [0.29, 0.717) is 30.6 Å². The van der Waals surface area contributed by atoms with Crippen molar-refractivity contribution in [2.45, 2.75) is 37.6 Å². The zero-order chi connectivity index (χ0) is 23.4. The van der Waals surface area contributed by atoms with Crippen molar-refractivity contribution in [3.05, 3.63) is 70.0 Å². The summed E-state index contributed by atoms with van der Waals surface area (Å²) in [5, 5.41) is 3.20. The lowest BCUT2D eigenvalue weighted by Crippen LogP contribution is -2.35. The van der Waals surface area contributed by atoms with Gasteiger partial charge in [-0.2, -0.15) is 4.31 Å². The van der Waals surface area contributed by atoms with Gasteiger partial charge in [0.2, 0.25) is 15.6 Å². The Labute approximate surface area is 192 Å². The van der Waals surface area contributed by atoms with Crippen LogP contribution >= 0.6 is 0 Å². The number of hydrogen-bond donors (Lipinski definition) is 2. The van der Waals surface area contributed by atoms with Crippen LogP contribution < -0.4 is 15.6 Å². The molecule has 4 rings (SSSR count). The fourth-order valence-electron chi connectivity index (χ4n) is 3.98. The molecule has 8 nitrogen and oxygen atoms in total. The predicted molar refractivity (Wildman–Crippen MR) is 126 cm³/mol. The van der Waals surface area contributed by atoms with E-state index in [1.165, 1.54) is 28.6 Å². The number of nitrogens with zero attached hydrogens (tertiary/aromatic N) is 1. The zero-order valence-electron chi connectivity index (χ0n) is 18.5. The molecule has 3 aromatic rings. The maximum Gasteiger partial charge on any atom is 0.252 e. The summed E-state index contributed by atoms with van der Waals surface area (Å²) in [6.45, 7) is 3.71. The third-order valence-electron chi connectivity index (χ3n) is 5.70. The van der Waals surface area contributed by atoms with Crippen molar-refractivity contribution < 1.29 is 17.9 Å². The highest BCUT2D eigenvalue weighted by Gasteiger charge is 2.26. The third kappa shape index (κ3) is 5.09. The standard InChI is InChI=1S/C24H27N3O5S/c1-2-32-18-8-6-17(7-9-18)16-25-24(29)21-15-23(28)26-22-11-10-19(14-20(21)22)33(30,31)27-12-4-3-5-13-27/h6-11,14-15H,2-5,12-13,16H2,1H3,(H,25,29)(H,26,28). The molecule has 1 aliphatic rings. The number of pyridine rings is 1. The lowest BCUT2D eigenvalue weighted by Gasteiger charge is -2.26. The van der Waals surface area contributed by atoms with Crippen molar-refractivity contribution in [1.29, 1.82) is 0 Å². The number of sulfonamides is 1. The summed E-state index contributed by atoms with van der Waals surface area (Å²) in [5.41, 5.74) is 0.983. The second kappa shape index (κ2) is 9.76. The fourth-order valence-corrected chi connectivity index (χ4v) is 5.53. The van der Waals surface area contributed by atoms with Crippen molar-refractivity contribution in [2.24, 2.45) is 0 Å². The number of ether oxygens (including phenoxy) is 1. The number of nitrogens with one attached hydrogen (secondary N) is 2. The first-order valence-corrected chi connectivity index (χ1v) is 12.5. The zero-order valence-corrected chi connectivity index (χ0v) is 19.3. The van der Waals surface area contributed by atoms with Crippen molar-refractivity contribution >= 4 is 26.8 Å². The van der Waals surface area contributed by atoms with Crippen LogP contribution in [-0.4, -0.2) is 43.3 Å². The molecule has 2 aromatic carbocycles. The molecule has 0 radical (unpaired) electrons. The number of piperidine rings is 1. The van der Waals surface area contributed by atoms with Crippen LogP contribution in [0.25, 0.3) is 10.9 Å². The third-order valence-corrected chi connectivity index (χ3v) is 7.59. The minimum absolute atomic E-state index is 0.115. The fraction of sp³-hybridized carbons (Fsp3) is 0.333. The largest absolute Gasteiger partial charge is 0.494 e. The molecule has 1 aromatic heterocycles. The van der Waals surface area contributed by atoms with E-state index in [-0.39, 0.29) is 17.0 Å². The molecule has 0 aliphatic carbocycles. The van der Waals surface area contributed by atoms with Gasteiger partial charge >= 0.3 is 0 Å². The average Bonchev–Trinajstić information content (AvgIpc) is 2.83. The number of aromatic nitrogens is 1. The Morgan fingerprint density at radius 2 is 1.79 bits per heavy atom. The lowest BCUT2D eigenvalue weighted by atomic mass is 10.1. The van der Waals surface area contributed by atoms with Crippen LogP contribution in [0.1, 0.15) is 42.1 Å². The summed E-state index contributed by atoms with van der Waals surface area (Å²) in [6, 6.07) is 13.0. The molecule has 0 spiro atoms. The Bertz CT molecular complexity index is 1310. The van der Waals surface area contributed by atoms with Crippen molar-refractivity contribution in [2.75, 3.05) is 19.7 Å². The van der Waals surface area contributed by atoms with Gasteiger partial charge in [-0.25, -0.2) is 8.42 Å². The van der Waals surface area contributed by atoms with Crippen LogP contribution in [0.3, 0.4) is 0 Å². The number of fused-ring (bicyclic) bond motifs is 1. The van der Waals surface area contributed by atoms with Gasteiger partial charge in [-0.15, -0.1) is 0 Å². The highest BCUT2D eigenvalue weighted by Crippen LogP contribution is 2.25. The summed E-state index contributed by atoms with van der Waals surface area (Å²) < 4.78 is 33.1. The Morgan fingerprint density at radius 3 is 2.48 bits per heavy atom. The molecule has 1 amide bonds. The summed E-state index contributed by atoms with van der Waals surface area (Å²) >= 11 is 0. The van der Waals surface area contributed by atoms with E-state index in [9.17, 15) is 18.0 Å². The molecule has 1 fully saturated rings. The van der Waals surface area contributed by atoms with E-state index in [2.05, 4.69) is 10.3 Å². The number of benzene rings is 2. The quantitative estimate of drug-likeness (QED) is 0.553. The van der Waals surface area contributed by atoms with Crippen LogP contribution in [0.5, 0.6) is 5.75 Å². The number of aromatic amines is 1. The first kappa shape index (κ1) is 23.0. The maximum atomic E-state index is 13.1.